The number of benzene rings is 1. The molecule has 1 aromatic rings. The normalized spacial score (nSPS) is 21.5. The second-order valence-electron chi connectivity index (χ2n) is 6.27. The van der Waals surface area contributed by atoms with Crippen molar-refractivity contribution in [2.75, 3.05) is 6.54 Å². The highest BCUT2D eigenvalue weighted by Crippen LogP contribution is 2.18. The van der Waals surface area contributed by atoms with Gasteiger partial charge in [0.15, 0.2) is 5.96 Å². The molecule has 0 spiro atoms. The summed E-state index contributed by atoms with van der Waals surface area (Å²) >= 11 is 0. The van der Waals surface area contributed by atoms with E-state index in [0.717, 1.165) is 38.2 Å². The molecule has 1 saturated carbocycles. The van der Waals surface area contributed by atoms with E-state index in [9.17, 15) is 5.11 Å². The van der Waals surface area contributed by atoms with Crippen LogP contribution in [0.4, 0.5) is 0 Å². The van der Waals surface area contributed by atoms with Gasteiger partial charge in [0.05, 0.1) is 12.6 Å². The van der Waals surface area contributed by atoms with Gasteiger partial charge in [-0.2, -0.15) is 0 Å². The fourth-order valence-corrected chi connectivity index (χ4v) is 2.92. The average Bonchev–Trinajstić information content (AvgIpc) is 2.48. The highest BCUT2D eigenvalue weighted by atomic mass is 127. The zero-order valence-corrected chi connectivity index (χ0v) is 16.8. The third-order valence-corrected chi connectivity index (χ3v) is 4.29. The number of aliphatic imine (C=N–C) groups is 1. The Labute approximate surface area is 157 Å². The number of hydrogen-bond donors (Lipinski definition) is 3. The SMILES string of the molecule is CCNC(=NCc1ccc(C)cc1C)NC1CCC(O)CC1.I. The van der Waals surface area contributed by atoms with Gasteiger partial charge in [0, 0.05) is 12.6 Å². The predicted molar refractivity (Wildman–Crippen MR) is 108 cm³/mol. The van der Waals surface area contributed by atoms with Crippen molar-refractivity contribution >= 4 is 29.9 Å². The Morgan fingerprint density at radius 1 is 1.22 bits per heavy atom. The van der Waals surface area contributed by atoms with Crippen molar-refractivity contribution < 1.29 is 5.11 Å². The molecule has 0 saturated heterocycles. The van der Waals surface area contributed by atoms with Gasteiger partial charge in [-0.1, -0.05) is 23.8 Å². The zero-order valence-electron chi connectivity index (χ0n) is 14.4. The molecule has 2 rings (SSSR count). The number of halogens is 1. The Hall–Kier alpha value is -0.820. The molecule has 0 atom stereocenters. The van der Waals surface area contributed by atoms with E-state index >= 15 is 0 Å². The van der Waals surface area contributed by atoms with E-state index in [4.69, 9.17) is 4.99 Å². The lowest BCUT2D eigenvalue weighted by Crippen LogP contribution is -2.45. The quantitative estimate of drug-likeness (QED) is 0.390. The zero-order chi connectivity index (χ0) is 15.9. The van der Waals surface area contributed by atoms with Crippen LogP contribution < -0.4 is 10.6 Å². The van der Waals surface area contributed by atoms with Crippen molar-refractivity contribution in [2.45, 2.75) is 65.1 Å². The molecular formula is C18H30IN3O. The van der Waals surface area contributed by atoms with E-state index in [1.807, 2.05) is 0 Å². The largest absolute Gasteiger partial charge is 0.393 e. The summed E-state index contributed by atoms with van der Waals surface area (Å²) in [6, 6.07) is 6.92. The van der Waals surface area contributed by atoms with Crippen LogP contribution in [0.25, 0.3) is 0 Å². The number of nitrogens with one attached hydrogen (secondary N) is 2. The van der Waals surface area contributed by atoms with Crippen LogP contribution in [-0.4, -0.2) is 29.8 Å². The third-order valence-electron chi connectivity index (χ3n) is 4.29. The van der Waals surface area contributed by atoms with Crippen LogP contribution in [0, 0.1) is 13.8 Å². The third kappa shape index (κ3) is 6.67. The predicted octanol–water partition coefficient (Wildman–Crippen LogP) is 3.28. The number of aliphatic hydroxyl groups excluding tert-OH is 1. The van der Waals surface area contributed by atoms with Crippen LogP contribution in [-0.2, 0) is 6.54 Å². The molecule has 0 unspecified atom stereocenters. The number of nitrogens with zero attached hydrogens (tertiary/aromatic N) is 1. The van der Waals surface area contributed by atoms with E-state index in [1.165, 1.54) is 16.7 Å². The van der Waals surface area contributed by atoms with Gasteiger partial charge < -0.3 is 15.7 Å². The monoisotopic (exact) mass is 431 g/mol. The minimum absolute atomic E-state index is 0. The van der Waals surface area contributed by atoms with Crippen molar-refractivity contribution in [1.29, 1.82) is 0 Å². The lowest BCUT2D eigenvalue weighted by Gasteiger charge is -2.27. The molecule has 0 aromatic heterocycles. The average molecular weight is 431 g/mol. The lowest BCUT2D eigenvalue weighted by molar-refractivity contribution is 0.120. The van der Waals surface area contributed by atoms with Crippen molar-refractivity contribution in [2.24, 2.45) is 4.99 Å². The maximum Gasteiger partial charge on any atom is 0.191 e. The van der Waals surface area contributed by atoms with Crippen LogP contribution in [0.5, 0.6) is 0 Å². The van der Waals surface area contributed by atoms with Crippen molar-refractivity contribution in [3.8, 4) is 0 Å². The number of hydrogen-bond acceptors (Lipinski definition) is 2. The maximum atomic E-state index is 9.60. The van der Waals surface area contributed by atoms with Gasteiger partial charge in [-0.3, -0.25) is 0 Å². The minimum atomic E-state index is -0.118. The Balaban J connectivity index is 0.00000264. The van der Waals surface area contributed by atoms with Gasteiger partial charge in [0.1, 0.15) is 0 Å². The Morgan fingerprint density at radius 2 is 1.91 bits per heavy atom. The summed E-state index contributed by atoms with van der Waals surface area (Å²) < 4.78 is 0. The molecule has 3 N–H and O–H groups in total. The first-order chi connectivity index (χ1) is 10.6. The second-order valence-corrected chi connectivity index (χ2v) is 6.27. The molecule has 0 radical (unpaired) electrons. The summed E-state index contributed by atoms with van der Waals surface area (Å²) in [6.45, 7) is 7.88. The lowest BCUT2D eigenvalue weighted by atomic mass is 9.93. The fraction of sp³-hybridized carbons (Fsp3) is 0.611. The molecule has 0 bridgehead atoms. The summed E-state index contributed by atoms with van der Waals surface area (Å²) in [5.74, 6) is 0.879. The topological polar surface area (TPSA) is 56.7 Å². The second kappa shape index (κ2) is 10.1. The fourth-order valence-electron chi connectivity index (χ4n) is 2.92. The number of aryl methyl sites for hydroxylation is 2. The number of guanidine groups is 1. The summed E-state index contributed by atoms with van der Waals surface area (Å²) in [7, 11) is 0. The molecular weight excluding hydrogens is 401 g/mol. The van der Waals surface area contributed by atoms with E-state index < -0.39 is 0 Å². The van der Waals surface area contributed by atoms with Crippen molar-refractivity contribution in [1.82, 2.24) is 10.6 Å². The number of aliphatic hydroxyl groups is 1. The van der Waals surface area contributed by atoms with Gasteiger partial charge in [0.25, 0.3) is 0 Å². The molecule has 1 aliphatic rings. The molecule has 5 heteroatoms. The van der Waals surface area contributed by atoms with Crippen molar-refractivity contribution in [3.05, 3.63) is 34.9 Å². The molecule has 1 fully saturated rings. The summed E-state index contributed by atoms with van der Waals surface area (Å²) in [6.07, 6.45) is 3.67. The van der Waals surface area contributed by atoms with Gasteiger partial charge in [0.2, 0.25) is 0 Å². The van der Waals surface area contributed by atoms with Gasteiger partial charge in [-0.15, -0.1) is 24.0 Å². The van der Waals surface area contributed by atoms with Crippen LogP contribution in [0.1, 0.15) is 49.3 Å². The maximum absolute atomic E-state index is 9.60. The highest BCUT2D eigenvalue weighted by Gasteiger charge is 2.19. The highest BCUT2D eigenvalue weighted by molar-refractivity contribution is 14.0. The molecule has 0 aliphatic heterocycles. The Kier molecular flexibility index (Phi) is 8.91. The molecule has 130 valence electrons. The Bertz CT molecular complexity index is 511. The van der Waals surface area contributed by atoms with Crippen LogP contribution in [0.2, 0.25) is 0 Å². The Morgan fingerprint density at radius 3 is 2.52 bits per heavy atom. The molecule has 1 aromatic carbocycles. The smallest absolute Gasteiger partial charge is 0.191 e. The van der Waals surface area contributed by atoms with E-state index in [2.05, 4.69) is 49.6 Å². The molecule has 4 nitrogen and oxygen atoms in total. The molecule has 1 aliphatic carbocycles. The summed E-state index contributed by atoms with van der Waals surface area (Å²) in [5, 5.41) is 16.4. The standard InChI is InChI=1S/C18H29N3O.HI/c1-4-19-18(21-16-7-9-17(22)10-8-16)20-12-15-6-5-13(2)11-14(15)3;/h5-6,11,16-17,22H,4,7-10,12H2,1-3H3,(H2,19,20,21);1H. The van der Waals surface area contributed by atoms with Crippen LogP contribution >= 0.6 is 24.0 Å². The first kappa shape index (κ1) is 20.2. The summed E-state index contributed by atoms with van der Waals surface area (Å²) in [4.78, 5) is 4.72. The van der Waals surface area contributed by atoms with Crippen LogP contribution in [0.3, 0.4) is 0 Å². The first-order valence-electron chi connectivity index (χ1n) is 8.37. The molecule has 0 heterocycles. The van der Waals surface area contributed by atoms with Gasteiger partial charge in [-0.05, 0) is 57.6 Å². The summed E-state index contributed by atoms with van der Waals surface area (Å²) in [5.41, 5.74) is 3.85. The van der Waals surface area contributed by atoms with Crippen molar-refractivity contribution in [3.63, 3.8) is 0 Å². The molecule has 23 heavy (non-hydrogen) atoms. The van der Waals surface area contributed by atoms with E-state index in [-0.39, 0.29) is 30.1 Å². The minimum Gasteiger partial charge on any atom is -0.393 e. The number of rotatable bonds is 4. The molecule has 0 amide bonds. The van der Waals surface area contributed by atoms with E-state index in [0.29, 0.717) is 12.6 Å². The first-order valence-corrected chi connectivity index (χ1v) is 8.37. The van der Waals surface area contributed by atoms with Crippen LogP contribution in [0.15, 0.2) is 23.2 Å². The van der Waals surface area contributed by atoms with Gasteiger partial charge in [-0.25, -0.2) is 4.99 Å². The van der Waals surface area contributed by atoms with Gasteiger partial charge >= 0.3 is 0 Å². The van der Waals surface area contributed by atoms with E-state index in [1.54, 1.807) is 0 Å².